The zero-order chi connectivity index (χ0) is 20.3. The van der Waals surface area contributed by atoms with Gasteiger partial charge in [0.2, 0.25) is 5.91 Å². The molecule has 8 nitrogen and oxygen atoms in total. The molecule has 2 amide bonds. The summed E-state index contributed by atoms with van der Waals surface area (Å²) in [4.78, 5) is 41.0. The van der Waals surface area contributed by atoms with Gasteiger partial charge in [-0.3, -0.25) is 19.3 Å². The highest BCUT2D eigenvalue weighted by Crippen LogP contribution is 2.36. The van der Waals surface area contributed by atoms with E-state index in [-0.39, 0.29) is 30.1 Å². The van der Waals surface area contributed by atoms with Gasteiger partial charge in [-0.1, -0.05) is 0 Å². The van der Waals surface area contributed by atoms with Crippen LogP contribution in [0.3, 0.4) is 0 Å². The molecule has 0 N–H and O–H groups in total. The standard InChI is InChI=1S/C20H26N2O6/c1-4-28-20(25)13-6-5-9-21(12-13)16-11-18(23)22(19(16)24)15-10-14(26-2)7-8-17(15)27-3/h7-8,10,13,16H,4-6,9,11-12H2,1-3H3/t13-,16+/m1/s1. The van der Waals surface area contributed by atoms with E-state index in [2.05, 4.69) is 0 Å². The van der Waals surface area contributed by atoms with Crippen LogP contribution in [0.5, 0.6) is 11.5 Å². The smallest absolute Gasteiger partial charge is 0.310 e. The molecule has 3 rings (SSSR count). The van der Waals surface area contributed by atoms with E-state index in [4.69, 9.17) is 14.2 Å². The van der Waals surface area contributed by atoms with Crippen LogP contribution in [0.25, 0.3) is 0 Å². The molecule has 8 heteroatoms. The fourth-order valence-electron chi connectivity index (χ4n) is 3.87. The normalized spacial score (nSPS) is 23.0. The molecule has 0 aliphatic carbocycles. The largest absolute Gasteiger partial charge is 0.497 e. The third kappa shape index (κ3) is 3.82. The van der Waals surface area contributed by atoms with Gasteiger partial charge >= 0.3 is 5.97 Å². The number of amides is 2. The Bertz CT molecular complexity index is 765. The van der Waals surface area contributed by atoms with Crippen LogP contribution in [0.4, 0.5) is 5.69 Å². The Hall–Kier alpha value is -2.61. The van der Waals surface area contributed by atoms with Crippen LogP contribution >= 0.6 is 0 Å². The van der Waals surface area contributed by atoms with Crippen molar-refractivity contribution in [1.82, 2.24) is 4.90 Å². The summed E-state index contributed by atoms with van der Waals surface area (Å²) in [5.41, 5.74) is 0.373. The zero-order valence-electron chi connectivity index (χ0n) is 16.5. The number of carbonyl (C=O) groups excluding carboxylic acids is 3. The minimum atomic E-state index is -0.583. The first-order valence-corrected chi connectivity index (χ1v) is 9.49. The topological polar surface area (TPSA) is 85.4 Å². The van der Waals surface area contributed by atoms with Crippen molar-refractivity contribution >= 4 is 23.5 Å². The Morgan fingerprint density at radius 1 is 1.21 bits per heavy atom. The van der Waals surface area contributed by atoms with Crippen molar-refractivity contribution in [1.29, 1.82) is 0 Å². The van der Waals surface area contributed by atoms with E-state index in [0.29, 0.717) is 36.9 Å². The Labute approximate surface area is 164 Å². The molecule has 0 spiro atoms. The molecular weight excluding hydrogens is 364 g/mol. The quantitative estimate of drug-likeness (QED) is 0.539. The van der Waals surface area contributed by atoms with E-state index in [9.17, 15) is 14.4 Å². The van der Waals surface area contributed by atoms with Gasteiger partial charge in [0.1, 0.15) is 11.5 Å². The first-order chi connectivity index (χ1) is 13.5. The maximum absolute atomic E-state index is 13.1. The molecule has 0 aromatic heterocycles. The number of nitrogens with zero attached hydrogens (tertiary/aromatic N) is 2. The minimum absolute atomic E-state index is 0.0781. The number of likely N-dealkylation sites (tertiary alicyclic amines) is 1. The molecule has 2 atom stereocenters. The highest BCUT2D eigenvalue weighted by molar-refractivity contribution is 6.23. The van der Waals surface area contributed by atoms with Gasteiger partial charge in [-0.05, 0) is 38.4 Å². The number of esters is 1. The second kappa shape index (κ2) is 8.60. The molecule has 2 aliphatic rings. The van der Waals surface area contributed by atoms with Crippen molar-refractivity contribution in [2.24, 2.45) is 5.92 Å². The third-order valence-corrected chi connectivity index (χ3v) is 5.26. The molecule has 2 saturated heterocycles. The average Bonchev–Trinajstić information content (AvgIpc) is 3.01. The lowest BCUT2D eigenvalue weighted by Crippen LogP contribution is -2.48. The van der Waals surface area contributed by atoms with Crippen LogP contribution in [0.1, 0.15) is 26.2 Å². The van der Waals surface area contributed by atoms with Crippen LogP contribution in [0.2, 0.25) is 0 Å². The number of benzene rings is 1. The van der Waals surface area contributed by atoms with Crippen molar-refractivity contribution in [3.05, 3.63) is 18.2 Å². The summed E-state index contributed by atoms with van der Waals surface area (Å²) < 4.78 is 15.7. The number of hydrogen-bond acceptors (Lipinski definition) is 7. The second-order valence-corrected chi connectivity index (χ2v) is 6.91. The van der Waals surface area contributed by atoms with Crippen LogP contribution in [0, 0.1) is 5.92 Å². The number of hydrogen-bond donors (Lipinski definition) is 0. The Balaban J connectivity index is 1.81. The van der Waals surface area contributed by atoms with Crippen molar-refractivity contribution in [2.45, 2.75) is 32.2 Å². The molecule has 0 saturated carbocycles. The predicted molar refractivity (Wildman–Crippen MR) is 101 cm³/mol. The van der Waals surface area contributed by atoms with Gasteiger partial charge in [0.25, 0.3) is 5.91 Å². The fourth-order valence-corrected chi connectivity index (χ4v) is 3.87. The first kappa shape index (κ1) is 20.1. The fraction of sp³-hybridized carbons (Fsp3) is 0.550. The van der Waals surface area contributed by atoms with Crippen molar-refractivity contribution in [3.63, 3.8) is 0 Å². The van der Waals surface area contributed by atoms with Crippen LogP contribution in [-0.2, 0) is 19.1 Å². The summed E-state index contributed by atoms with van der Waals surface area (Å²) in [6, 6.07) is 4.41. The van der Waals surface area contributed by atoms with Gasteiger partial charge in [-0.25, -0.2) is 4.90 Å². The second-order valence-electron chi connectivity index (χ2n) is 6.91. The average molecular weight is 390 g/mol. The summed E-state index contributed by atoms with van der Waals surface area (Å²) in [5, 5.41) is 0. The van der Waals surface area contributed by atoms with E-state index in [1.807, 2.05) is 4.90 Å². The SMILES string of the molecule is CCOC(=O)[C@@H]1CCCN([C@H]2CC(=O)N(c3cc(OC)ccc3OC)C2=O)C1. The highest BCUT2D eigenvalue weighted by atomic mass is 16.5. The van der Waals surface area contributed by atoms with Crippen molar-refractivity contribution < 1.29 is 28.6 Å². The molecule has 2 aliphatic heterocycles. The van der Waals surface area contributed by atoms with Crippen LogP contribution < -0.4 is 14.4 Å². The van der Waals surface area contributed by atoms with Gasteiger partial charge in [-0.2, -0.15) is 0 Å². The predicted octanol–water partition coefficient (Wildman–Crippen LogP) is 1.61. The molecule has 28 heavy (non-hydrogen) atoms. The molecule has 1 aromatic carbocycles. The number of imide groups is 1. The first-order valence-electron chi connectivity index (χ1n) is 9.49. The molecule has 152 valence electrons. The lowest BCUT2D eigenvalue weighted by Gasteiger charge is -2.34. The Morgan fingerprint density at radius 3 is 2.68 bits per heavy atom. The van der Waals surface area contributed by atoms with E-state index in [1.54, 1.807) is 25.1 Å². The minimum Gasteiger partial charge on any atom is -0.497 e. The van der Waals surface area contributed by atoms with Gasteiger partial charge in [0, 0.05) is 12.6 Å². The molecule has 2 heterocycles. The number of rotatable bonds is 6. The van der Waals surface area contributed by atoms with E-state index in [1.165, 1.54) is 19.1 Å². The number of ether oxygens (including phenoxy) is 3. The van der Waals surface area contributed by atoms with E-state index >= 15 is 0 Å². The summed E-state index contributed by atoms with van der Waals surface area (Å²) in [7, 11) is 3.01. The Kier molecular flexibility index (Phi) is 6.18. The number of piperidine rings is 1. The van der Waals surface area contributed by atoms with E-state index < -0.39 is 6.04 Å². The van der Waals surface area contributed by atoms with Crippen LogP contribution in [0.15, 0.2) is 18.2 Å². The highest BCUT2D eigenvalue weighted by Gasteiger charge is 2.45. The molecule has 2 fully saturated rings. The number of methoxy groups -OCH3 is 2. The van der Waals surface area contributed by atoms with Crippen molar-refractivity contribution in [3.8, 4) is 11.5 Å². The summed E-state index contributed by atoms with van der Waals surface area (Å²) in [5.74, 6) is -0.153. The summed E-state index contributed by atoms with van der Waals surface area (Å²) in [6.45, 7) is 3.20. The van der Waals surface area contributed by atoms with Crippen LogP contribution in [-0.4, -0.2) is 62.6 Å². The molecule has 0 radical (unpaired) electrons. The number of carbonyl (C=O) groups is 3. The third-order valence-electron chi connectivity index (χ3n) is 5.26. The number of anilines is 1. The monoisotopic (exact) mass is 390 g/mol. The molecule has 0 bridgehead atoms. The lowest BCUT2D eigenvalue weighted by molar-refractivity contribution is -0.150. The van der Waals surface area contributed by atoms with Gasteiger partial charge < -0.3 is 14.2 Å². The van der Waals surface area contributed by atoms with Gasteiger partial charge in [0.15, 0.2) is 0 Å². The van der Waals surface area contributed by atoms with Gasteiger partial charge in [0.05, 0.1) is 44.9 Å². The Morgan fingerprint density at radius 2 is 2.00 bits per heavy atom. The summed E-state index contributed by atoms with van der Waals surface area (Å²) >= 11 is 0. The molecule has 0 unspecified atom stereocenters. The van der Waals surface area contributed by atoms with Crippen molar-refractivity contribution in [2.75, 3.05) is 38.8 Å². The zero-order valence-corrected chi connectivity index (χ0v) is 16.5. The summed E-state index contributed by atoms with van der Waals surface area (Å²) in [6.07, 6.45) is 1.59. The molecular formula is C20H26N2O6. The lowest BCUT2D eigenvalue weighted by atomic mass is 9.96. The molecule has 1 aromatic rings. The maximum atomic E-state index is 13.1. The van der Waals surface area contributed by atoms with E-state index in [0.717, 1.165) is 12.8 Å². The maximum Gasteiger partial charge on any atom is 0.310 e. The van der Waals surface area contributed by atoms with Gasteiger partial charge in [-0.15, -0.1) is 0 Å².